The fourth-order valence-corrected chi connectivity index (χ4v) is 5.52. The lowest BCUT2D eigenvalue weighted by atomic mass is 10.0. The van der Waals surface area contributed by atoms with E-state index in [2.05, 4.69) is 24.3 Å². The highest BCUT2D eigenvalue weighted by molar-refractivity contribution is 7.48. The van der Waals surface area contributed by atoms with Crippen LogP contribution in [0.3, 0.4) is 0 Å². The molecule has 4 nitrogen and oxygen atoms in total. The Labute approximate surface area is 169 Å². The lowest BCUT2D eigenvalue weighted by molar-refractivity contribution is -0.226. The summed E-state index contributed by atoms with van der Waals surface area (Å²) in [6.07, 6.45) is 2.54. The standard InChI is InChI=1S/C23H31O4P/c1-3-25-28(26-4-2)21-15-16-23(24,18-21)27-22(20-13-9-6-10-14-20)17-19-11-7-5-8-12-19/h5-14,21-22,24H,3-4,15-18H2,1-2H3. The first-order valence-corrected chi connectivity index (χ1v) is 11.4. The molecule has 0 bridgehead atoms. The molecule has 3 unspecified atom stereocenters. The third-order valence-electron chi connectivity index (χ3n) is 5.03. The Morgan fingerprint density at radius 3 is 2.21 bits per heavy atom. The van der Waals surface area contributed by atoms with Crippen molar-refractivity contribution >= 4 is 8.38 Å². The Balaban J connectivity index is 1.73. The Bertz CT molecular complexity index is 690. The first kappa shape index (κ1) is 21.4. The fraction of sp³-hybridized carbons (Fsp3) is 0.478. The van der Waals surface area contributed by atoms with E-state index in [0.29, 0.717) is 26.1 Å². The minimum absolute atomic E-state index is 0.197. The van der Waals surface area contributed by atoms with Crippen LogP contribution in [0.5, 0.6) is 0 Å². The van der Waals surface area contributed by atoms with Crippen LogP contribution in [0.4, 0.5) is 0 Å². The zero-order valence-corrected chi connectivity index (χ0v) is 17.7. The second-order valence-corrected chi connectivity index (χ2v) is 8.99. The van der Waals surface area contributed by atoms with Crippen LogP contribution < -0.4 is 0 Å². The lowest BCUT2D eigenvalue weighted by Gasteiger charge is -2.31. The third kappa shape index (κ3) is 5.85. The fourth-order valence-electron chi connectivity index (χ4n) is 3.74. The molecule has 1 fully saturated rings. The molecule has 1 saturated carbocycles. The number of hydrogen-bond acceptors (Lipinski definition) is 4. The first-order chi connectivity index (χ1) is 13.6. The molecule has 0 radical (unpaired) electrons. The minimum atomic E-state index is -1.14. The van der Waals surface area contributed by atoms with E-state index < -0.39 is 14.2 Å². The van der Waals surface area contributed by atoms with Gasteiger partial charge in [-0.1, -0.05) is 60.7 Å². The van der Waals surface area contributed by atoms with Crippen LogP contribution in [-0.2, 0) is 20.2 Å². The molecule has 3 atom stereocenters. The monoisotopic (exact) mass is 402 g/mol. The highest BCUT2D eigenvalue weighted by atomic mass is 31.2. The SMILES string of the molecule is CCOP(OCC)C1CCC(O)(OC(Cc2ccccc2)c2ccccc2)C1. The Morgan fingerprint density at radius 1 is 1.00 bits per heavy atom. The van der Waals surface area contributed by atoms with Gasteiger partial charge in [-0.15, -0.1) is 0 Å². The van der Waals surface area contributed by atoms with Gasteiger partial charge < -0.3 is 18.9 Å². The Hall–Kier alpha value is -1.29. The maximum atomic E-state index is 11.2. The van der Waals surface area contributed by atoms with Gasteiger partial charge in [-0.05, 0) is 31.4 Å². The van der Waals surface area contributed by atoms with Crippen LogP contribution in [0.1, 0.15) is 50.3 Å². The molecule has 2 aromatic rings. The van der Waals surface area contributed by atoms with Crippen LogP contribution in [0.25, 0.3) is 0 Å². The summed E-state index contributed by atoms with van der Waals surface area (Å²) in [6, 6.07) is 20.5. The van der Waals surface area contributed by atoms with Gasteiger partial charge in [0.25, 0.3) is 0 Å². The van der Waals surface area contributed by atoms with Crippen molar-refractivity contribution in [1.82, 2.24) is 0 Å². The van der Waals surface area contributed by atoms with Crippen molar-refractivity contribution < 1.29 is 18.9 Å². The molecule has 1 aliphatic rings. The molecular weight excluding hydrogens is 371 g/mol. The Morgan fingerprint density at radius 2 is 1.61 bits per heavy atom. The normalized spacial score (nSPS) is 23.2. The average molecular weight is 402 g/mol. The predicted molar refractivity (Wildman–Crippen MR) is 113 cm³/mol. The molecule has 28 heavy (non-hydrogen) atoms. The van der Waals surface area contributed by atoms with Gasteiger partial charge in [0.15, 0.2) is 14.2 Å². The van der Waals surface area contributed by atoms with E-state index in [-0.39, 0.29) is 11.8 Å². The molecule has 1 aliphatic carbocycles. The van der Waals surface area contributed by atoms with E-state index in [0.717, 1.165) is 18.4 Å². The highest BCUT2D eigenvalue weighted by Gasteiger charge is 2.44. The van der Waals surface area contributed by atoms with Crippen molar-refractivity contribution in [1.29, 1.82) is 0 Å². The van der Waals surface area contributed by atoms with E-state index in [1.54, 1.807) is 0 Å². The molecule has 152 valence electrons. The van der Waals surface area contributed by atoms with Gasteiger partial charge in [0, 0.05) is 24.9 Å². The van der Waals surface area contributed by atoms with Crippen molar-refractivity contribution in [2.24, 2.45) is 0 Å². The number of benzene rings is 2. The first-order valence-electron chi connectivity index (χ1n) is 10.2. The summed E-state index contributed by atoms with van der Waals surface area (Å²) in [5, 5.41) is 11.2. The largest absolute Gasteiger partial charge is 0.365 e. The number of rotatable bonds is 10. The van der Waals surface area contributed by atoms with E-state index in [1.165, 1.54) is 5.56 Å². The van der Waals surface area contributed by atoms with Gasteiger partial charge >= 0.3 is 0 Å². The van der Waals surface area contributed by atoms with Crippen molar-refractivity contribution in [3.63, 3.8) is 0 Å². The topological polar surface area (TPSA) is 47.9 Å². The van der Waals surface area contributed by atoms with Crippen molar-refractivity contribution in [3.8, 4) is 0 Å². The van der Waals surface area contributed by atoms with E-state index in [4.69, 9.17) is 13.8 Å². The number of ether oxygens (including phenoxy) is 1. The molecule has 0 amide bonds. The highest BCUT2D eigenvalue weighted by Crippen LogP contribution is 2.54. The third-order valence-corrected chi connectivity index (χ3v) is 7.09. The van der Waals surface area contributed by atoms with Crippen LogP contribution in [0.2, 0.25) is 0 Å². The van der Waals surface area contributed by atoms with Crippen molar-refractivity contribution in [3.05, 3.63) is 71.8 Å². The summed E-state index contributed by atoms with van der Waals surface area (Å²) in [6.45, 7) is 5.22. The van der Waals surface area contributed by atoms with Crippen molar-refractivity contribution in [2.45, 2.75) is 57.1 Å². The van der Waals surface area contributed by atoms with Crippen LogP contribution >= 0.6 is 8.38 Å². The minimum Gasteiger partial charge on any atom is -0.365 e. The van der Waals surface area contributed by atoms with E-state index >= 15 is 0 Å². The molecule has 3 rings (SSSR count). The van der Waals surface area contributed by atoms with Crippen LogP contribution in [-0.4, -0.2) is 29.8 Å². The number of hydrogen-bond donors (Lipinski definition) is 1. The number of aliphatic hydroxyl groups is 1. The second-order valence-electron chi connectivity index (χ2n) is 7.17. The zero-order valence-electron chi connectivity index (χ0n) is 16.8. The van der Waals surface area contributed by atoms with Crippen LogP contribution in [0.15, 0.2) is 60.7 Å². The van der Waals surface area contributed by atoms with Gasteiger partial charge in [-0.2, -0.15) is 0 Å². The molecule has 0 heterocycles. The smallest absolute Gasteiger partial charge is 0.173 e. The molecule has 1 N–H and O–H groups in total. The summed E-state index contributed by atoms with van der Waals surface area (Å²) >= 11 is 0. The molecule has 0 spiro atoms. The molecule has 2 aromatic carbocycles. The molecule has 0 aromatic heterocycles. The Kier molecular flexibility index (Phi) is 8.01. The summed E-state index contributed by atoms with van der Waals surface area (Å²) in [4.78, 5) is 0. The van der Waals surface area contributed by atoms with Gasteiger partial charge in [-0.3, -0.25) is 0 Å². The molecule has 0 saturated heterocycles. The molecule has 5 heteroatoms. The quantitative estimate of drug-likeness (QED) is 0.414. The van der Waals surface area contributed by atoms with E-state index in [9.17, 15) is 5.11 Å². The summed E-state index contributed by atoms with van der Waals surface area (Å²) in [5.74, 6) is -1.14. The maximum Gasteiger partial charge on any atom is 0.173 e. The van der Waals surface area contributed by atoms with Gasteiger partial charge in [0.1, 0.15) is 0 Å². The molecular formula is C23H31O4P. The zero-order chi connectivity index (χ0) is 19.8. The van der Waals surface area contributed by atoms with Gasteiger partial charge in [-0.25, -0.2) is 0 Å². The van der Waals surface area contributed by atoms with Crippen LogP contribution in [0, 0.1) is 0 Å². The van der Waals surface area contributed by atoms with Gasteiger partial charge in [0.05, 0.1) is 19.3 Å². The van der Waals surface area contributed by atoms with Crippen molar-refractivity contribution in [2.75, 3.05) is 13.2 Å². The summed E-state index contributed by atoms with van der Waals surface area (Å²) in [7, 11) is -0.988. The van der Waals surface area contributed by atoms with E-state index in [1.807, 2.05) is 50.2 Å². The summed E-state index contributed by atoms with van der Waals surface area (Å²) < 4.78 is 18.0. The van der Waals surface area contributed by atoms with Gasteiger partial charge in [0.2, 0.25) is 0 Å². The second kappa shape index (κ2) is 10.5. The summed E-state index contributed by atoms with van der Waals surface area (Å²) in [5.41, 5.74) is 2.48. The maximum absolute atomic E-state index is 11.2. The predicted octanol–water partition coefficient (Wildman–Crippen LogP) is 5.61. The lowest BCUT2D eigenvalue weighted by Crippen LogP contribution is -2.32. The molecule has 0 aliphatic heterocycles. The average Bonchev–Trinajstić information content (AvgIpc) is 3.11.